The van der Waals surface area contributed by atoms with Crippen LogP contribution in [-0.2, 0) is 6.54 Å². The summed E-state index contributed by atoms with van der Waals surface area (Å²) in [6, 6.07) is 9.55. The van der Waals surface area contributed by atoms with Gasteiger partial charge in [0.15, 0.2) is 0 Å². The smallest absolute Gasteiger partial charge is 0.201 e. The Morgan fingerprint density at radius 1 is 1.21 bits per heavy atom. The molecule has 24 heavy (non-hydrogen) atoms. The van der Waals surface area contributed by atoms with Crippen molar-refractivity contribution in [3.05, 3.63) is 48.3 Å². The van der Waals surface area contributed by atoms with Crippen molar-refractivity contribution in [3.8, 4) is 5.75 Å². The highest BCUT2D eigenvalue weighted by molar-refractivity contribution is 5.78. The third-order valence-corrected chi connectivity index (χ3v) is 3.42. The fourth-order valence-electron chi connectivity index (χ4n) is 2.38. The van der Waals surface area contributed by atoms with Crippen molar-refractivity contribution >= 4 is 17.0 Å². The lowest BCUT2D eigenvalue weighted by molar-refractivity contribution is 0.276. The molecular weight excluding hydrogens is 302 g/mol. The van der Waals surface area contributed by atoms with Crippen molar-refractivity contribution in [2.45, 2.75) is 33.4 Å². The molecule has 0 saturated heterocycles. The van der Waals surface area contributed by atoms with Crippen LogP contribution in [0.2, 0.25) is 0 Å². The lowest BCUT2D eigenvalue weighted by atomic mass is 10.3. The first-order valence-corrected chi connectivity index (χ1v) is 8.14. The molecule has 6 heteroatoms. The molecule has 0 fully saturated rings. The molecule has 3 aromatic rings. The summed E-state index contributed by atoms with van der Waals surface area (Å²) in [7, 11) is 0. The van der Waals surface area contributed by atoms with Crippen molar-refractivity contribution in [1.82, 2.24) is 14.5 Å². The Hall–Kier alpha value is -2.60. The van der Waals surface area contributed by atoms with Gasteiger partial charge in [0, 0.05) is 12.7 Å². The van der Waals surface area contributed by atoms with Crippen LogP contribution in [0.4, 0.5) is 5.95 Å². The number of nitrogens with zero attached hydrogens (tertiary/aromatic N) is 3. The minimum atomic E-state index is -0.194. The average molecular weight is 327 g/mol. The van der Waals surface area contributed by atoms with Crippen LogP contribution >= 0.6 is 0 Å². The van der Waals surface area contributed by atoms with E-state index >= 15 is 0 Å². The molecule has 0 amide bonds. The van der Waals surface area contributed by atoms with Crippen LogP contribution in [0.25, 0.3) is 11.0 Å². The maximum absolute atomic E-state index is 6.16. The number of benzene rings is 1. The van der Waals surface area contributed by atoms with E-state index in [4.69, 9.17) is 16.2 Å². The number of pyridine rings is 1. The Kier molecular flexibility index (Phi) is 6.14. The molecular formula is C18H25N5O. The van der Waals surface area contributed by atoms with Crippen molar-refractivity contribution in [2.24, 2.45) is 5.73 Å². The van der Waals surface area contributed by atoms with Gasteiger partial charge in [-0.3, -0.25) is 4.98 Å². The van der Waals surface area contributed by atoms with Crippen molar-refractivity contribution in [1.29, 1.82) is 0 Å². The summed E-state index contributed by atoms with van der Waals surface area (Å²) in [4.78, 5) is 8.42. The van der Waals surface area contributed by atoms with Crippen molar-refractivity contribution < 1.29 is 4.74 Å². The summed E-state index contributed by atoms with van der Waals surface area (Å²) in [5.74, 6) is 1.19. The van der Waals surface area contributed by atoms with Crippen molar-refractivity contribution in [2.75, 3.05) is 12.3 Å². The number of aryl methyl sites for hydroxylation is 1. The second-order valence-electron chi connectivity index (χ2n) is 5.34. The van der Waals surface area contributed by atoms with Crippen LogP contribution in [-0.4, -0.2) is 27.2 Å². The summed E-state index contributed by atoms with van der Waals surface area (Å²) in [6.45, 7) is 6.90. The van der Waals surface area contributed by atoms with E-state index in [0.29, 0.717) is 19.1 Å². The van der Waals surface area contributed by atoms with Gasteiger partial charge in [-0.2, -0.15) is 0 Å². The van der Waals surface area contributed by atoms with Gasteiger partial charge >= 0.3 is 0 Å². The van der Waals surface area contributed by atoms with Crippen LogP contribution in [0.1, 0.15) is 19.4 Å². The summed E-state index contributed by atoms with van der Waals surface area (Å²) in [5.41, 5.74) is 15.0. The highest BCUT2D eigenvalue weighted by atomic mass is 16.5. The molecule has 6 nitrogen and oxygen atoms in total. The monoisotopic (exact) mass is 327 g/mol. The number of fused-ring (bicyclic) bond motifs is 1. The van der Waals surface area contributed by atoms with Gasteiger partial charge in [-0.25, -0.2) is 4.98 Å². The van der Waals surface area contributed by atoms with Crippen molar-refractivity contribution in [3.63, 3.8) is 0 Å². The number of hydrogen-bond acceptors (Lipinski definition) is 5. The first kappa shape index (κ1) is 17.7. The number of rotatable bonds is 5. The maximum Gasteiger partial charge on any atom is 0.201 e. The zero-order valence-corrected chi connectivity index (χ0v) is 14.4. The number of para-hydroxylation sites is 2. The molecule has 3 rings (SSSR count). The molecule has 2 heterocycles. The third kappa shape index (κ3) is 4.23. The molecule has 0 saturated carbocycles. The maximum atomic E-state index is 6.16. The van der Waals surface area contributed by atoms with E-state index in [1.165, 1.54) is 0 Å². The lowest BCUT2D eigenvalue weighted by Gasteiger charge is -2.15. The van der Waals surface area contributed by atoms with E-state index in [1.54, 1.807) is 12.4 Å². The minimum Gasteiger partial charge on any atom is -0.490 e. The van der Waals surface area contributed by atoms with E-state index < -0.39 is 0 Å². The van der Waals surface area contributed by atoms with E-state index in [2.05, 4.69) is 9.97 Å². The number of ether oxygens (including phenoxy) is 1. The average Bonchev–Trinajstić information content (AvgIpc) is 2.91. The van der Waals surface area contributed by atoms with Gasteiger partial charge in [0.2, 0.25) is 5.95 Å². The number of hydrogen-bond donors (Lipinski definition) is 2. The molecule has 0 bridgehead atoms. The molecule has 1 aromatic carbocycles. The van der Waals surface area contributed by atoms with Gasteiger partial charge < -0.3 is 20.8 Å². The first-order valence-electron chi connectivity index (χ1n) is 8.14. The fraction of sp³-hybridized carbons (Fsp3) is 0.333. The normalized spacial score (nSPS) is 11.7. The van der Waals surface area contributed by atoms with E-state index in [0.717, 1.165) is 22.3 Å². The molecule has 0 radical (unpaired) electrons. The molecule has 0 aliphatic heterocycles. The van der Waals surface area contributed by atoms with Crippen LogP contribution in [0, 0.1) is 6.92 Å². The topological polar surface area (TPSA) is 92.0 Å². The van der Waals surface area contributed by atoms with E-state index in [-0.39, 0.29) is 6.04 Å². The molecule has 0 spiro atoms. The van der Waals surface area contributed by atoms with Gasteiger partial charge in [0.05, 0.1) is 23.3 Å². The molecule has 2 aromatic heterocycles. The Bertz CT molecular complexity index is 784. The zero-order chi connectivity index (χ0) is 17.5. The Balaban J connectivity index is 0.00000100. The summed E-state index contributed by atoms with van der Waals surface area (Å²) >= 11 is 0. The minimum absolute atomic E-state index is 0.194. The van der Waals surface area contributed by atoms with E-state index in [1.807, 2.05) is 55.7 Å². The molecule has 1 atom stereocenters. The Morgan fingerprint density at radius 2 is 1.96 bits per heavy atom. The number of aromatic nitrogens is 3. The first-order chi connectivity index (χ1) is 11.6. The predicted molar refractivity (Wildman–Crippen MR) is 97.9 cm³/mol. The Morgan fingerprint density at radius 3 is 2.71 bits per heavy atom. The number of imidazole rings is 1. The predicted octanol–water partition coefficient (Wildman–Crippen LogP) is 2.75. The number of anilines is 1. The Labute approximate surface area is 142 Å². The third-order valence-electron chi connectivity index (χ3n) is 3.42. The van der Waals surface area contributed by atoms with Gasteiger partial charge in [0.1, 0.15) is 12.4 Å². The number of nitrogens with two attached hydrogens (primary N) is 2. The number of nitrogen functional groups attached to an aromatic ring is 1. The lowest BCUT2D eigenvalue weighted by Crippen LogP contribution is -2.33. The highest BCUT2D eigenvalue weighted by Gasteiger charge is 2.12. The van der Waals surface area contributed by atoms with Crippen LogP contribution in [0.5, 0.6) is 5.75 Å². The molecule has 1 unspecified atom stereocenters. The van der Waals surface area contributed by atoms with Gasteiger partial charge in [-0.15, -0.1) is 0 Å². The quantitative estimate of drug-likeness (QED) is 0.752. The molecule has 4 N–H and O–H groups in total. The zero-order valence-electron chi connectivity index (χ0n) is 14.4. The second-order valence-corrected chi connectivity index (χ2v) is 5.34. The van der Waals surface area contributed by atoms with Gasteiger partial charge in [0.25, 0.3) is 0 Å². The fourth-order valence-corrected chi connectivity index (χ4v) is 2.38. The standard InChI is InChI=1S/C16H19N5O.C2H6/c1-11-6-13(8-19-7-11)22-10-12(17)9-21-15-5-3-2-4-14(15)20-16(21)18;1-2/h2-8,12H,9-10,17H2,1H3,(H2,18,20);1-2H3. The molecule has 0 aliphatic carbocycles. The van der Waals surface area contributed by atoms with Crippen LogP contribution < -0.4 is 16.2 Å². The van der Waals surface area contributed by atoms with E-state index in [9.17, 15) is 0 Å². The summed E-state index contributed by atoms with van der Waals surface area (Å²) < 4.78 is 7.60. The summed E-state index contributed by atoms with van der Waals surface area (Å²) in [5, 5.41) is 0. The van der Waals surface area contributed by atoms with Crippen LogP contribution in [0.3, 0.4) is 0 Å². The van der Waals surface area contributed by atoms with Crippen LogP contribution in [0.15, 0.2) is 42.7 Å². The summed E-state index contributed by atoms with van der Waals surface area (Å²) in [6.07, 6.45) is 3.46. The SMILES string of the molecule is CC.Cc1cncc(OCC(N)Cn2c(N)nc3ccccc32)c1. The largest absolute Gasteiger partial charge is 0.490 e. The second kappa shape index (κ2) is 8.31. The molecule has 128 valence electrons. The van der Waals surface area contributed by atoms with Gasteiger partial charge in [-0.1, -0.05) is 26.0 Å². The van der Waals surface area contributed by atoms with Gasteiger partial charge in [-0.05, 0) is 30.7 Å². The molecule has 0 aliphatic rings. The highest BCUT2D eigenvalue weighted by Crippen LogP contribution is 2.18.